The summed E-state index contributed by atoms with van der Waals surface area (Å²) >= 11 is 1.11. The SMILES string of the molecule is CCOC(=O)c1sc(NC(=O)C23CC4CC(CC(C4)C2)C3)c(C(=O)OC(C)C)c1C. The minimum Gasteiger partial charge on any atom is -0.462 e. The summed E-state index contributed by atoms with van der Waals surface area (Å²) in [4.78, 5) is 39.1. The second kappa shape index (κ2) is 7.98. The van der Waals surface area contributed by atoms with Gasteiger partial charge >= 0.3 is 11.9 Å². The number of ether oxygens (including phenoxy) is 2. The van der Waals surface area contributed by atoms with E-state index in [0.29, 0.717) is 33.2 Å². The van der Waals surface area contributed by atoms with Crippen LogP contribution in [0.4, 0.5) is 5.00 Å². The molecule has 6 nitrogen and oxygen atoms in total. The van der Waals surface area contributed by atoms with Crippen LogP contribution in [0.5, 0.6) is 0 Å². The summed E-state index contributed by atoms with van der Waals surface area (Å²) in [7, 11) is 0. The molecule has 1 aromatic rings. The highest BCUT2D eigenvalue weighted by molar-refractivity contribution is 7.18. The molecule has 4 bridgehead atoms. The van der Waals surface area contributed by atoms with Crippen LogP contribution in [-0.2, 0) is 14.3 Å². The predicted molar refractivity (Wildman–Crippen MR) is 115 cm³/mol. The summed E-state index contributed by atoms with van der Waals surface area (Å²) in [6, 6.07) is 0. The monoisotopic (exact) mass is 433 g/mol. The van der Waals surface area contributed by atoms with E-state index >= 15 is 0 Å². The standard InChI is InChI=1S/C23H31NO5S/c1-5-28-21(26)18-13(4)17(20(25)29-12(2)3)19(30-18)24-22(27)23-9-14-6-15(10-23)8-16(7-14)11-23/h12,14-16H,5-11H2,1-4H3,(H,24,27). The van der Waals surface area contributed by atoms with Crippen molar-refractivity contribution in [1.82, 2.24) is 0 Å². The number of hydrogen-bond acceptors (Lipinski definition) is 6. The molecule has 164 valence electrons. The van der Waals surface area contributed by atoms with E-state index in [1.54, 1.807) is 27.7 Å². The molecule has 0 saturated heterocycles. The number of hydrogen-bond donors (Lipinski definition) is 1. The van der Waals surface area contributed by atoms with Gasteiger partial charge in [-0.25, -0.2) is 9.59 Å². The van der Waals surface area contributed by atoms with Crippen LogP contribution < -0.4 is 5.32 Å². The van der Waals surface area contributed by atoms with E-state index in [1.165, 1.54) is 19.3 Å². The number of nitrogens with one attached hydrogen (secondary N) is 1. The van der Waals surface area contributed by atoms with Crippen molar-refractivity contribution in [2.24, 2.45) is 23.2 Å². The second-order valence-electron chi connectivity index (χ2n) is 9.59. The Balaban J connectivity index is 1.64. The lowest BCUT2D eigenvalue weighted by Crippen LogP contribution is -2.51. The Kier molecular flexibility index (Phi) is 5.68. The molecule has 0 aliphatic heterocycles. The third kappa shape index (κ3) is 3.77. The number of carbonyl (C=O) groups is 3. The molecule has 0 atom stereocenters. The smallest absolute Gasteiger partial charge is 0.348 e. The summed E-state index contributed by atoms with van der Waals surface area (Å²) in [5.74, 6) is 0.938. The summed E-state index contributed by atoms with van der Waals surface area (Å²) in [5.41, 5.74) is 0.440. The van der Waals surface area contributed by atoms with Gasteiger partial charge in [-0.05, 0) is 89.5 Å². The molecule has 0 radical (unpaired) electrons. The van der Waals surface area contributed by atoms with Gasteiger partial charge in [0, 0.05) is 0 Å². The molecule has 4 aliphatic rings. The molecule has 5 rings (SSSR count). The van der Waals surface area contributed by atoms with Gasteiger partial charge in [-0.15, -0.1) is 11.3 Å². The Morgan fingerprint density at radius 3 is 2.13 bits per heavy atom. The fourth-order valence-electron chi connectivity index (χ4n) is 6.14. The van der Waals surface area contributed by atoms with Crippen LogP contribution in [0.15, 0.2) is 0 Å². The number of rotatable bonds is 6. The van der Waals surface area contributed by atoms with Crippen LogP contribution in [-0.4, -0.2) is 30.6 Å². The fourth-order valence-corrected chi connectivity index (χ4v) is 7.22. The zero-order valence-electron chi connectivity index (χ0n) is 18.2. The molecule has 1 aromatic heterocycles. The number of anilines is 1. The van der Waals surface area contributed by atoms with E-state index in [-0.39, 0.29) is 29.6 Å². The number of esters is 2. The number of carbonyl (C=O) groups excluding carboxylic acids is 3. The first-order valence-corrected chi connectivity index (χ1v) is 11.9. The van der Waals surface area contributed by atoms with Gasteiger partial charge in [-0.3, -0.25) is 4.79 Å². The molecule has 4 aliphatic carbocycles. The first-order chi connectivity index (χ1) is 14.2. The second-order valence-corrected chi connectivity index (χ2v) is 10.6. The van der Waals surface area contributed by atoms with Crippen LogP contribution in [0.1, 0.15) is 84.9 Å². The van der Waals surface area contributed by atoms with Crippen molar-refractivity contribution in [3.63, 3.8) is 0 Å². The molecule has 4 fully saturated rings. The quantitative estimate of drug-likeness (QED) is 0.642. The van der Waals surface area contributed by atoms with Crippen LogP contribution in [0.3, 0.4) is 0 Å². The topological polar surface area (TPSA) is 81.7 Å². The molecule has 4 saturated carbocycles. The first-order valence-electron chi connectivity index (χ1n) is 11.0. The van der Waals surface area contributed by atoms with Crippen molar-refractivity contribution in [3.05, 3.63) is 16.0 Å². The van der Waals surface area contributed by atoms with Gasteiger partial charge in [0.2, 0.25) is 5.91 Å². The molecule has 1 heterocycles. The average Bonchev–Trinajstić information content (AvgIpc) is 2.96. The van der Waals surface area contributed by atoms with Crippen LogP contribution in [0.2, 0.25) is 0 Å². The lowest BCUT2D eigenvalue weighted by molar-refractivity contribution is -0.140. The summed E-state index contributed by atoms with van der Waals surface area (Å²) < 4.78 is 10.6. The zero-order chi connectivity index (χ0) is 21.6. The maximum atomic E-state index is 13.5. The molecule has 1 N–H and O–H groups in total. The maximum absolute atomic E-state index is 13.5. The minimum absolute atomic E-state index is 0.00291. The van der Waals surface area contributed by atoms with E-state index in [9.17, 15) is 14.4 Å². The minimum atomic E-state index is -0.518. The fraction of sp³-hybridized carbons (Fsp3) is 0.696. The molecule has 30 heavy (non-hydrogen) atoms. The third-order valence-electron chi connectivity index (χ3n) is 6.90. The molecular weight excluding hydrogens is 402 g/mol. The van der Waals surface area contributed by atoms with Crippen molar-refractivity contribution in [2.75, 3.05) is 11.9 Å². The molecule has 0 spiro atoms. The van der Waals surface area contributed by atoms with Gasteiger partial charge in [0.15, 0.2) is 0 Å². The lowest BCUT2D eigenvalue weighted by atomic mass is 9.49. The Bertz CT molecular complexity index is 836. The highest BCUT2D eigenvalue weighted by atomic mass is 32.1. The first kappa shape index (κ1) is 21.3. The Labute approximate surface area is 181 Å². The summed E-state index contributed by atoms with van der Waals surface area (Å²) in [6.45, 7) is 7.25. The van der Waals surface area contributed by atoms with E-state index in [2.05, 4.69) is 5.32 Å². The molecule has 7 heteroatoms. The molecule has 0 unspecified atom stereocenters. The van der Waals surface area contributed by atoms with Crippen molar-refractivity contribution < 1.29 is 23.9 Å². The van der Waals surface area contributed by atoms with Crippen LogP contribution >= 0.6 is 11.3 Å². The Morgan fingerprint density at radius 2 is 1.63 bits per heavy atom. The van der Waals surface area contributed by atoms with Gasteiger partial charge in [0.05, 0.1) is 23.7 Å². The maximum Gasteiger partial charge on any atom is 0.348 e. The molecule has 0 aromatic carbocycles. The van der Waals surface area contributed by atoms with Gasteiger partial charge in [0.1, 0.15) is 9.88 Å². The van der Waals surface area contributed by atoms with Gasteiger partial charge < -0.3 is 14.8 Å². The van der Waals surface area contributed by atoms with Crippen molar-refractivity contribution in [3.8, 4) is 0 Å². The molecular formula is C23H31NO5S. The summed E-state index contributed by atoms with van der Waals surface area (Å²) in [5, 5.41) is 3.46. The Hall–Kier alpha value is -1.89. The van der Waals surface area contributed by atoms with Gasteiger partial charge in [-0.2, -0.15) is 0 Å². The highest BCUT2D eigenvalue weighted by Crippen LogP contribution is 2.60. The van der Waals surface area contributed by atoms with E-state index in [4.69, 9.17) is 9.47 Å². The zero-order valence-corrected chi connectivity index (χ0v) is 19.0. The van der Waals surface area contributed by atoms with Crippen molar-refractivity contribution in [2.45, 2.75) is 72.3 Å². The number of thiophene rings is 1. The van der Waals surface area contributed by atoms with E-state index in [1.807, 2.05) is 0 Å². The van der Waals surface area contributed by atoms with E-state index in [0.717, 1.165) is 30.6 Å². The van der Waals surface area contributed by atoms with Crippen molar-refractivity contribution in [1.29, 1.82) is 0 Å². The van der Waals surface area contributed by atoms with Gasteiger partial charge in [-0.1, -0.05) is 0 Å². The van der Waals surface area contributed by atoms with E-state index < -0.39 is 11.9 Å². The number of amides is 1. The summed E-state index contributed by atoms with van der Waals surface area (Å²) in [6.07, 6.45) is 6.27. The van der Waals surface area contributed by atoms with Gasteiger partial charge in [0.25, 0.3) is 0 Å². The predicted octanol–water partition coefficient (Wildman–Crippen LogP) is 4.95. The third-order valence-corrected chi connectivity index (χ3v) is 8.09. The highest BCUT2D eigenvalue weighted by Gasteiger charge is 2.54. The largest absolute Gasteiger partial charge is 0.462 e. The van der Waals surface area contributed by atoms with Crippen LogP contribution in [0, 0.1) is 30.1 Å². The molecule has 1 amide bonds. The normalized spacial score (nSPS) is 29.2. The van der Waals surface area contributed by atoms with Crippen molar-refractivity contribution >= 4 is 34.2 Å². The Morgan fingerprint density at radius 1 is 1.07 bits per heavy atom. The lowest BCUT2D eigenvalue weighted by Gasteiger charge is -2.55. The van der Waals surface area contributed by atoms with Crippen LogP contribution in [0.25, 0.3) is 0 Å². The average molecular weight is 434 g/mol.